The normalized spacial score (nSPS) is 26.5. The topological polar surface area (TPSA) is 42.5 Å². The molecule has 2 N–H and O–H groups in total. The lowest BCUT2D eigenvalue weighted by molar-refractivity contribution is 0.174. The van der Waals surface area contributed by atoms with Crippen LogP contribution in [0.2, 0.25) is 0 Å². The number of hydrogen-bond acceptors (Lipinski definition) is 3. The number of thiocarbonyl (C=S) groups is 1. The standard InChI is InChI=1S/C17H24N2O2S/c1-11-4-3-5-14(12(11)2)19-17(22)18-9-13-6-7-15-16(8-13)21-10-20-15/h6-8,11-12,14H,3-5,9-10H2,1-2H3,(H2,18,19,22)/t11-,12-,14+/m1/s1. The zero-order valence-electron chi connectivity index (χ0n) is 13.2. The maximum Gasteiger partial charge on any atom is 0.231 e. The van der Waals surface area contributed by atoms with Crippen LogP contribution in [0.4, 0.5) is 0 Å². The summed E-state index contributed by atoms with van der Waals surface area (Å²) in [6.45, 7) is 5.66. The van der Waals surface area contributed by atoms with Gasteiger partial charge in [0.15, 0.2) is 16.6 Å². The Kier molecular flexibility index (Phi) is 4.71. The van der Waals surface area contributed by atoms with Gasteiger partial charge in [-0.1, -0.05) is 32.8 Å². The maximum atomic E-state index is 5.45. The number of nitrogens with one attached hydrogen (secondary N) is 2. The van der Waals surface area contributed by atoms with Crippen molar-refractivity contribution in [2.45, 2.75) is 45.7 Å². The van der Waals surface area contributed by atoms with E-state index in [2.05, 4.69) is 24.5 Å². The fourth-order valence-electron chi connectivity index (χ4n) is 3.24. The lowest BCUT2D eigenvalue weighted by atomic mass is 9.78. The van der Waals surface area contributed by atoms with Crippen molar-refractivity contribution >= 4 is 17.3 Å². The van der Waals surface area contributed by atoms with E-state index >= 15 is 0 Å². The Morgan fingerprint density at radius 3 is 2.91 bits per heavy atom. The van der Waals surface area contributed by atoms with E-state index < -0.39 is 0 Å². The average Bonchev–Trinajstić information content (AvgIpc) is 2.97. The molecule has 1 saturated carbocycles. The largest absolute Gasteiger partial charge is 0.454 e. The average molecular weight is 320 g/mol. The third-order valence-electron chi connectivity index (χ3n) is 4.91. The number of hydrogen-bond donors (Lipinski definition) is 2. The van der Waals surface area contributed by atoms with Crippen LogP contribution in [0.5, 0.6) is 11.5 Å². The van der Waals surface area contributed by atoms with Crippen LogP contribution >= 0.6 is 12.2 Å². The van der Waals surface area contributed by atoms with E-state index in [0.29, 0.717) is 25.3 Å². The van der Waals surface area contributed by atoms with Gasteiger partial charge in [-0.3, -0.25) is 0 Å². The van der Waals surface area contributed by atoms with Gasteiger partial charge in [0, 0.05) is 12.6 Å². The van der Waals surface area contributed by atoms with Crippen LogP contribution < -0.4 is 20.1 Å². The monoisotopic (exact) mass is 320 g/mol. The summed E-state index contributed by atoms with van der Waals surface area (Å²) >= 11 is 5.45. The van der Waals surface area contributed by atoms with Crippen molar-refractivity contribution < 1.29 is 9.47 Å². The Labute approximate surface area is 137 Å². The second-order valence-electron chi connectivity index (χ2n) is 6.39. The first-order chi connectivity index (χ1) is 10.6. The van der Waals surface area contributed by atoms with Crippen LogP contribution in [0.3, 0.4) is 0 Å². The summed E-state index contributed by atoms with van der Waals surface area (Å²) in [4.78, 5) is 0. The molecule has 0 saturated heterocycles. The zero-order valence-corrected chi connectivity index (χ0v) is 14.0. The van der Waals surface area contributed by atoms with Crippen LogP contribution in [0.1, 0.15) is 38.7 Å². The second-order valence-corrected chi connectivity index (χ2v) is 6.80. The summed E-state index contributed by atoms with van der Waals surface area (Å²) in [5.74, 6) is 3.06. The molecule has 3 atom stereocenters. The Morgan fingerprint density at radius 1 is 1.23 bits per heavy atom. The fourth-order valence-corrected chi connectivity index (χ4v) is 3.46. The minimum atomic E-state index is 0.309. The molecule has 0 amide bonds. The van der Waals surface area contributed by atoms with Crippen molar-refractivity contribution in [1.82, 2.24) is 10.6 Å². The third-order valence-corrected chi connectivity index (χ3v) is 5.18. The smallest absolute Gasteiger partial charge is 0.231 e. The van der Waals surface area contributed by atoms with E-state index in [4.69, 9.17) is 21.7 Å². The molecule has 1 fully saturated rings. The van der Waals surface area contributed by atoms with Gasteiger partial charge in [0.1, 0.15) is 0 Å². The van der Waals surface area contributed by atoms with Crippen LogP contribution in [0.15, 0.2) is 18.2 Å². The first-order valence-corrected chi connectivity index (χ1v) is 8.47. The summed E-state index contributed by atoms with van der Waals surface area (Å²) in [6, 6.07) is 6.47. The van der Waals surface area contributed by atoms with Crippen molar-refractivity contribution in [3.63, 3.8) is 0 Å². The minimum Gasteiger partial charge on any atom is -0.454 e. The number of benzene rings is 1. The van der Waals surface area contributed by atoms with Crippen molar-refractivity contribution in [3.8, 4) is 11.5 Å². The maximum absolute atomic E-state index is 5.45. The molecule has 1 aliphatic heterocycles. The van der Waals surface area contributed by atoms with Crippen molar-refractivity contribution in [2.75, 3.05) is 6.79 Å². The quantitative estimate of drug-likeness (QED) is 0.837. The fraction of sp³-hybridized carbons (Fsp3) is 0.588. The van der Waals surface area contributed by atoms with Crippen molar-refractivity contribution in [1.29, 1.82) is 0 Å². The molecular formula is C17H24N2O2S. The molecule has 2 aliphatic rings. The Bertz CT molecular complexity index is 549. The predicted octanol–water partition coefficient (Wildman–Crippen LogP) is 3.20. The molecule has 0 spiro atoms. The summed E-state index contributed by atoms with van der Waals surface area (Å²) in [7, 11) is 0. The molecule has 0 bridgehead atoms. The molecule has 1 heterocycles. The lowest BCUT2D eigenvalue weighted by Gasteiger charge is -2.35. The molecule has 0 radical (unpaired) electrons. The Hall–Kier alpha value is -1.49. The molecular weight excluding hydrogens is 296 g/mol. The summed E-state index contributed by atoms with van der Waals surface area (Å²) in [5.41, 5.74) is 1.14. The number of ether oxygens (including phenoxy) is 2. The Morgan fingerprint density at radius 2 is 2.05 bits per heavy atom. The molecule has 5 heteroatoms. The van der Waals surface area contributed by atoms with Crippen molar-refractivity contribution in [3.05, 3.63) is 23.8 Å². The highest BCUT2D eigenvalue weighted by atomic mass is 32.1. The summed E-state index contributed by atoms with van der Waals surface area (Å²) < 4.78 is 10.7. The second kappa shape index (κ2) is 6.73. The van der Waals surface area contributed by atoms with Gasteiger partial charge in [-0.15, -0.1) is 0 Å². The van der Waals surface area contributed by atoms with Gasteiger partial charge in [-0.05, 0) is 48.2 Å². The lowest BCUT2D eigenvalue weighted by Crippen LogP contribution is -2.47. The van der Waals surface area contributed by atoms with Gasteiger partial charge in [-0.2, -0.15) is 0 Å². The molecule has 1 aromatic rings. The van der Waals surface area contributed by atoms with E-state index in [1.165, 1.54) is 19.3 Å². The van der Waals surface area contributed by atoms with Gasteiger partial charge < -0.3 is 20.1 Å². The molecule has 4 nitrogen and oxygen atoms in total. The van der Waals surface area contributed by atoms with Crippen LogP contribution in [-0.2, 0) is 6.54 Å². The number of fused-ring (bicyclic) bond motifs is 1. The molecule has 0 aromatic heterocycles. The van der Waals surface area contributed by atoms with E-state index in [1.54, 1.807) is 0 Å². The molecule has 1 aliphatic carbocycles. The molecule has 22 heavy (non-hydrogen) atoms. The third kappa shape index (κ3) is 3.46. The van der Waals surface area contributed by atoms with Gasteiger partial charge in [0.2, 0.25) is 6.79 Å². The SMILES string of the molecule is C[C@@H]1[C@H](C)CCC[C@@H]1NC(=S)NCc1ccc2c(c1)OCO2. The highest BCUT2D eigenvalue weighted by Crippen LogP contribution is 2.32. The molecule has 3 rings (SSSR count). The minimum absolute atomic E-state index is 0.309. The molecule has 120 valence electrons. The zero-order chi connectivity index (χ0) is 15.5. The van der Waals surface area contributed by atoms with Crippen LogP contribution in [-0.4, -0.2) is 17.9 Å². The van der Waals surface area contributed by atoms with E-state index in [1.807, 2.05) is 18.2 Å². The molecule has 1 aromatic carbocycles. The predicted molar refractivity (Wildman–Crippen MR) is 91.1 cm³/mol. The van der Waals surface area contributed by atoms with Gasteiger partial charge in [0.25, 0.3) is 0 Å². The van der Waals surface area contributed by atoms with Crippen LogP contribution in [0, 0.1) is 11.8 Å². The first-order valence-electron chi connectivity index (χ1n) is 8.06. The first kappa shape index (κ1) is 15.4. The van der Waals surface area contributed by atoms with Gasteiger partial charge >= 0.3 is 0 Å². The number of rotatable bonds is 3. The summed E-state index contributed by atoms with van der Waals surface area (Å²) in [5, 5.41) is 7.52. The highest BCUT2D eigenvalue weighted by Gasteiger charge is 2.27. The van der Waals surface area contributed by atoms with E-state index in [-0.39, 0.29) is 0 Å². The van der Waals surface area contributed by atoms with Crippen LogP contribution in [0.25, 0.3) is 0 Å². The van der Waals surface area contributed by atoms with Crippen molar-refractivity contribution in [2.24, 2.45) is 11.8 Å². The Balaban J connectivity index is 1.50. The highest BCUT2D eigenvalue weighted by molar-refractivity contribution is 7.80. The van der Waals surface area contributed by atoms with E-state index in [0.717, 1.165) is 28.1 Å². The molecule has 0 unspecified atom stereocenters. The van der Waals surface area contributed by atoms with Gasteiger partial charge in [0.05, 0.1) is 0 Å². The van der Waals surface area contributed by atoms with E-state index in [9.17, 15) is 0 Å². The van der Waals surface area contributed by atoms with Gasteiger partial charge in [-0.25, -0.2) is 0 Å². The summed E-state index contributed by atoms with van der Waals surface area (Å²) in [6.07, 6.45) is 3.82.